The van der Waals surface area contributed by atoms with Gasteiger partial charge in [-0.05, 0) is 43.3 Å². The number of esters is 1. The number of ether oxygens (including phenoxy) is 1. The maximum Gasteiger partial charge on any atom is 0.416 e. The van der Waals surface area contributed by atoms with Crippen LogP contribution in [0.15, 0.2) is 53.3 Å². The lowest BCUT2D eigenvalue weighted by Gasteiger charge is -2.13. The van der Waals surface area contributed by atoms with Crippen molar-refractivity contribution in [1.29, 1.82) is 0 Å². The first-order valence-corrected chi connectivity index (χ1v) is 8.91. The Morgan fingerprint density at radius 1 is 1.06 bits per heavy atom. The van der Waals surface area contributed by atoms with E-state index in [9.17, 15) is 36.3 Å². The van der Waals surface area contributed by atoms with Gasteiger partial charge in [0.05, 0.1) is 16.8 Å². The summed E-state index contributed by atoms with van der Waals surface area (Å²) in [5.74, 6) is -4.35. The van der Waals surface area contributed by atoms with Crippen molar-refractivity contribution in [2.24, 2.45) is 0 Å². The van der Waals surface area contributed by atoms with E-state index in [-0.39, 0.29) is 11.4 Å². The second-order valence-electron chi connectivity index (χ2n) is 6.58. The molecule has 0 radical (unpaired) electrons. The third-order valence-corrected chi connectivity index (χ3v) is 4.28. The monoisotopic (exact) mass is 452 g/mol. The molecule has 0 aliphatic rings. The van der Waals surface area contributed by atoms with Crippen LogP contribution in [0, 0.1) is 18.6 Å². The fourth-order valence-electron chi connectivity index (χ4n) is 2.75. The molecule has 11 heteroatoms. The molecule has 0 amide bonds. The molecule has 6 nitrogen and oxygen atoms in total. The van der Waals surface area contributed by atoms with Crippen LogP contribution in [0.1, 0.15) is 32.1 Å². The van der Waals surface area contributed by atoms with Crippen molar-refractivity contribution in [3.05, 3.63) is 92.9 Å². The fourth-order valence-corrected chi connectivity index (χ4v) is 2.75. The molecule has 0 N–H and O–H groups in total. The van der Waals surface area contributed by atoms with Crippen LogP contribution in [0.25, 0.3) is 5.69 Å². The lowest BCUT2D eigenvalue weighted by molar-refractivity contribution is -0.137. The van der Waals surface area contributed by atoms with Gasteiger partial charge in [0.1, 0.15) is 11.6 Å². The standard InChI is InChI=1S/C21H13F5N2O4/c1-11-7-17(29)19(27-28(11)14-4-2-3-12(8-14)21(24,25)26)20(31)32-10-18(30)15-9-13(22)5-6-16(15)23/h2-9H,10H2,1H3. The highest BCUT2D eigenvalue weighted by Crippen LogP contribution is 2.30. The molecule has 32 heavy (non-hydrogen) atoms. The third-order valence-electron chi connectivity index (χ3n) is 4.28. The Balaban J connectivity index is 1.87. The highest BCUT2D eigenvalue weighted by Gasteiger charge is 2.30. The van der Waals surface area contributed by atoms with Gasteiger partial charge < -0.3 is 4.74 Å². The number of Topliss-reactive ketones (excluding diaryl/α,β-unsaturated/α-hetero) is 1. The van der Waals surface area contributed by atoms with E-state index >= 15 is 0 Å². The number of carbonyl (C=O) groups excluding carboxylic acids is 2. The maximum absolute atomic E-state index is 13.7. The number of ketones is 1. The molecule has 0 unspecified atom stereocenters. The molecule has 0 spiro atoms. The summed E-state index contributed by atoms with van der Waals surface area (Å²) in [6.07, 6.45) is -4.63. The van der Waals surface area contributed by atoms with E-state index in [0.29, 0.717) is 6.07 Å². The fraction of sp³-hybridized carbons (Fsp3) is 0.143. The number of nitrogens with zero attached hydrogens (tertiary/aromatic N) is 2. The first-order chi connectivity index (χ1) is 15.0. The maximum atomic E-state index is 13.7. The van der Waals surface area contributed by atoms with E-state index in [1.807, 2.05) is 0 Å². The van der Waals surface area contributed by atoms with Crippen molar-refractivity contribution in [2.45, 2.75) is 13.1 Å². The van der Waals surface area contributed by atoms with Crippen molar-refractivity contribution < 1.29 is 36.3 Å². The Bertz CT molecular complexity index is 1270. The number of alkyl halides is 3. The van der Waals surface area contributed by atoms with Gasteiger partial charge in [-0.3, -0.25) is 9.59 Å². The second kappa shape index (κ2) is 8.69. The van der Waals surface area contributed by atoms with Gasteiger partial charge in [-0.2, -0.15) is 18.3 Å². The van der Waals surface area contributed by atoms with Gasteiger partial charge in [-0.15, -0.1) is 0 Å². The summed E-state index contributed by atoms with van der Waals surface area (Å²) in [6, 6.07) is 7.12. The van der Waals surface area contributed by atoms with Gasteiger partial charge >= 0.3 is 12.1 Å². The van der Waals surface area contributed by atoms with Crippen LogP contribution < -0.4 is 5.43 Å². The van der Waals surface area contributed by atoms with Crippen LogP contribution in [-0.4, -0.2) is 28.1 Å². The quantitative estimate of drug-likeness (QED) is 0.334. The number of aromatic nitrogens is 2. The Labute approximate surface area is 176 Å². The highest BCUT2D eigenvalue weighted by atomic mass is 19.4. The molecule has 0 aliphatic heterocycles. The molecule has 3 rings (SSSR count). The van der Waals surface area contributed by atoms with Gasteiger partial charge in [-0.1, -0.05) is 6.07 Å². The minimum absolute atomic E-state index is 0.0794. The largest absolute Gasteiger partial charge is 0.452 e. The lowest BCUT2D eigenvalue weighted by Crippen LogP contribution is -2.26. The number of rotatable bonds is 5. The molecule has 1 heterocycles. The summed E-state index contributed by atoms with van der Waals surface area (Å²) in [7, 11) is 0. The number of halogens is 5. The van der Waals surface area contributed by atoms with E-state index in [2.05, 4.69) is 5.10 Å². The Hall–Kier alpha value is -3.89. The first kappa shape index (κ1) is 22.8. The molecule has 3 aromatic rings. The van der Waals surface area contributed by atoms with Crippen LogP contribution in [0.4, 0.5) is 22.0 Å². The summed E-state index contributed by atoms with van der Waals surface area (Å²) in [5.41, 5.74) is -3.29. The predicted molar refractivity (Wildman–Crippen MR) is 101 cm³/mol. The lowest BCUT2D eigenvalue weighted by atomic mass is 10.1. The highest BCUT2D eigenvalue weighted by molar-refractivity contribution is 5.99. The van der Waals surface area contributed by atoms with Gasteiger partial charge in [0.25, 0.3) is 0 Å². The van der Waals surface area contributed by atoms with Crippen molar-refractivity contribution in [1.82, 2.24) is 9.78 Å². The smallest absolute Gasteiger partial charge is 0.416 e. The molecule has 0 saturated heterocycles. The zero-order valence-electron chi connectivity index (χ0n) is 16.2. The van der Waals surface area contributed by atoms with E-state index in [1.54, 1.807) is 0 Å². The van der Waals surface area contributed by atoms with Gasteiger partial charge in [0.15, 0.2) is 6.61 Å². The number of aryl methyl sites for hydroxylation is 1. The average molecular weight is 452 g/mol. The minimum Gasteiger partial charge on any atom is -0.452 e. The summed E-state index contributed by atoms with van der Waals surface area (Å²) >= 11 is 0. The third kappa shape index (κ3) is 4.88. The molecule has 0 aliphatic carbocycles. The predicted octanol–water partition coefficient (Wildman–Crippen LogP) is 3.88. The molecule has 0 fully saturated rings. The Morgan fingerprint density at radius 2 is 1.78 bits per heavy atom. The van der Waals surface area contributed by atoms with E-state index in [1.165, 1.54) is 13.0 Å². The SMILES string of the molecule is Cc1cc(=O)c(C(=O)OCC(=O)c2cc(F)ccc2F)nn1-c1cccc(C(F)(F)F)c1. The zero-order valence-corrected chi connectivity index (χ0v) is 16.2. The van der Waals surface area contributed by atoms with Crippen LogP contribution in [0.3, 0.4) is 0 Å². The van der Waals surface area contributed by atoms with Gasteiger partial charge in [0, 0.05) is 11.8 Å². The van der Waals surface area contributed by atoms with E-state index < -0.39 is 58.4 Å². The van der Waals surface area contributed by atoms with Crippen molar-refractivity contribution in [2.75, 3.05) is 6.61 Å². The van der Waals surface area contributed by atoms with Crippen LogP contribution in [-0.2, 0) is 10.9 Å². The number of hydrogen-bond donors (Lipinski definition) is 0. The Kier molecular flexibility index (Phi) is 6.19. The van der Waals surface area contributed by atoms with E-state index in [4.69, 9.17) is 4.74 Å². The second-order valence-corrected chi connectivity index (χ2v) is 6.58. The Morgan fingerprint density at radius 3 is 2.47 bits per heavy atom. The molecule has 0 bridgehead atoms. The van der Waals surface area contributed by atoms with Crippen molar-refractivity contribution in [3.8, 4) is 5.69 Å². The average Bonchev–Trinajstić information content (AvgIpc) is 2.73. The minimum atomic E-state index is -4.63. The summed E-state index contributed by atoms with van der Waals surface area (Å²) in [4.78, 5) is 36.4. The molecular weight excluding hydrogens is 439 g/mol. The molecule has 166 valence electrons. The molecule has 0 saturated carbocycles. The van der Waals surface area contributed by atoms with Crippen molar-refractivity contribution in [3.63, 3.8) is 0 Å². The van der Waals surface area contributed by atoms with E-state index in [0.717, 1.165) is 41.1 Å². The van der Waals surface area contributed by atoms with Crippen molar-refractivity contribution >= 4 is 11.8 Å². The number of carbonyl (C=O) groups is 2. The molecule has 1 aromatic heterocycles. The van der Waals surface area contributed by atoms with Crippen LogP contribution >= 0.6 is 0 Å². The topological polar surface area (TPSA) is 78.3 Å². The number of benzene rings is 2. The first-order valence-electron chi connectivity index (χ1n) is 8.91. The van der Waals surface area contributed by atoms with Crippen LogP contribution in [0.5, 0.6) is 0 Å². The molecule has 2 aromatic carbocycles. The zero-order chi connectivity index (χ0) is 23.6. The summed E-state index contributed by atoms with van der Waals surface area (Å²) in [5, 5.41) is 3.76. The van der Waals surface area contributed by atoms with Gasteiger partial charge in [-0.25, -0.2) is 18.3 Å². The summed E-state index contributed by atoms with van der Waals surface area (Å²) < 4.78 is 71.5. The van der Waals surface area contributed by atoms with Crippen LogP contribution in [0.2, 0.25) is 0 Å². The number of hydrogen-bond acceptors (Lipinski definition) is 5. The molecular formula is C21H13F5N2O4. The summed E-state index contributed by atoms with van der Waals surface area (Å²) in [6.45, 7) is 0.373. The normalized spacial score (nSPS) is 11.3. The molecule has 0 atom stereocenters. The van der Waals surface area contributed by atoms with Gasteiger partial charge in [0.2, 0.25) is 16.9 Å².